The van der Waals surface area contributed by atoms with Crippen LogP contribution in [0.2, 0.25) is 0 Å². The molecule has 0 radical (unpaired) electrons. The van der Waals surface area contributed by atoms with Gasteiger partial charge >= 0.3 is 5.97 Å². The average molecular weight is 252 g/mol. The van der Waals surface area contributed by atoms with E-state index >= 15 is 0 Å². The van der Waals surface area contributed by atoms with Gasteiger partial charge in [-0.3, -0.25) is 4.79 Å². The Kier molecular flexibility index (Phi) is 4.29. The Morgan fingerprint density at radius 3 is 2.50 bits per heavy atom. The maximum absolute atomic E-state index is 11.7. The van der Waals surface area contributed by atoms with Crippen molar-refractivity contribution in [3.63, 3.8) is 0 Å². The molecule has 0 aliphatic heterocycles. The SMILES string of the molecule is CN(C)CC(C)(C)Cn1cc(C(=O)O)ccc1=O. The normalized spacial score (nSPS) is 11.8. The molecular formula is C13H20N2O3. The predicted octanol–water partition coefficient (Wildman–Crippen LogP) is 1.13. The van der Waals surface area contributed by atoms with E-state index in [2.05, 4.69) is 0 Å². The third kappa shape index (κ3) is 4.00. The van der Waals surface area contributed by atoms with Crippen LogP contribution in [-0.2, 0) is 6.54 Å². The number of aromatic carboxylic acids is 1. The van der Waals surface area contributed by atoms with Gasteiger partial charge in [-0.1, -0.05) is 13.8 Å². The van der Waals surface area contributed by atoms with Crippen molar-refractivity contribution in [1.82, 2.24) is 9.47 Å². The fourth-order valence-corrected chi connectivity index (χ4v) is 2.15. The maximum atomic E-state index is 11.7. The summed E-state index contributed by atoms with van der Waals surface area (Å²) >= 11 is 0. The lowest BCUT2D eigenvalue weighted by molar-refractivity contribution is 0.0695. The molecule has 0 bridgehead atoms. The van der Waals surface area contributed by atoms with Gasteiger partial charge in [0.15, 0.2) is 0 Å². The van der Waals surface area contributed by atoms with E-state index < -0.39 is 5.97 Å². The van der Waals surface area contributed by atoms with E-state index in [0.29, 0.717) is 6.54 Å². The first-order chi connectivity index (χ1) is 8.21. The highest BCUT2D eigenvalue weighted by atomic mass is 16.4. The van der Waals surface area contributed by atoms with Crippen LogP contribution in [0, 0.1) is 5.41 Å². The Labute approximate surface area is 107 Å². The Morgan fingerprint density at radius 2 is 2.00 bits per heavy atom. The van der Waals surface area contributed by atoms with E-state index in [1.165, 1.54) is 22.9 Å². The van der Waals surface area contributed by atoms with Crippen molar-refractivity contribution in [3.8, 4) is 0 Å². The first-order valence-corrected chi connectivity index (χ1v) is 5.80. The zero-order chi connectivity index (χ0) is 13.9. The van der Waals surface area contributed by atoms with E-state index in [0.717, 1.165) is 6.54 Å². The summed E-state index contributed by atoms with van der Waals surface area (Å²) in [6.45, 7) is 5.40. The predicted molar refractivity (Wildman–Crippen MR) is 70.0 cm³/mol. The number of carbonyl (C=O) groups is 1. The molecule has 0 aromatic carbocycles. The van der Waals surface area contributed by atoms with E-state index in [1.807, 2.05) is 32.8 Å². The molecule has 1 aromatic rings. The van der Waals surface area contributed by atoms with E-state index in [1.54, 1.807) is 0 Å². The minimum Gasteiger partial charge on any atom is -0.478 e. The molecule has 0 saturated heterocycles. The van der Waals surface area contributed by atoms with E-state index in [-0.39, 0.29) is 16.5 Å². The van der Waals surface area contributed by atoms with Gasteiger partial charge in [-0.05, 0) is 25.6 Å². The first kappa shape index (κ1) is 14.4. The van der Waals surface area contributed by atoms with Crippen LogP contribution in [0.25, 0.3) is 0 Å². The molecule has 0 aliphatic carbocycles. The molecule has 0 atom stereocenters. The molecule has 5 nitrogen and oxygen atoms in total. The van der Waals surface area contributed by atoms with Gasteiger partial charge in [0.1, 0.15) is 0 Å². The Hall–Kier alpha value is -1.62. The number of pyridine rings is 1. The van der Waals surface area contributed by atoms with Crippen molar-refractivity contribution in [2.24, 2.45) is 5.41 Å². The molecule has 0 amide bonds. The van der Waals surface area contributed by atoms with Gasteiger partial charge in [0.25, 0.3) is 5.56 Å². The van der Waals surface area contributed by atoms with Gasteiger partial charge in [0.05, 0.1) is 5.56 Å². The fraction of sp³-hybridized carbons (Fsp3) is 0.538. The zero-order valence-corrected chi connectivity index (χ0v) is 11.3. The van der Waals surface area contributed by atoms with E-state index in [4.69, 9.17) is 5.11 Å². The number of carboxylic acid groups (broad SMARTS) is 1. The zero-order valence-electron chi connectivity index (χ0n) is 11.3. The lowest BCUT2D eigenvalue weighted by atomic mass is 9.92. The Bertz CT molecular complexity index is 489. The van der Waals surface area contributed by atoms with Crippen molar-refractivity contribution in [1.29, 1.82) is 0 Å². The summed E-state index contributed by atoms with van der Waals surface area (Å²) in [5.74, 6) is -1.02. The number of hydrogen-bond donors (Lipinski definition) is 1. The average Bonchev–Trinajstić information content (AvgIpc) is 2.18. The van der Waals surface area contributed by atoms with Crippen molar-refractivity contribution < 1.29 is 9.90 Å². The van der Waals surface area contributed by atoms with Crippen LogP contribution in [0.5, 0.6) is 0 Å². The molecule has 1 rings (SSSR count). The highest BCUT2D eigenvalue weighted by Gasteiger charge is 2.20. The summed E-state index contributed by atoms with van der Waals surface area (Å²) in [6, 6.07) is 2.63. The summed E-state index contributed by atoms with van der Waals surface area (Å²) in [7, 11) is 3.94. The van der Waals surface area contributed by atoms with Crippen molar-refractivity contribution in [2.45, 2.75) is 20.4 Å². The molecule has 0 saturated carbocycles. The molecule has 18 heavy (non-hydrogen) atoms. The maximum Gasteiger partial charge on any atom is 0.337 e. The van der Waals surface area contributed by atoms with Gasteiger partial charge in [-0.2, -0.15) is 0 Å². The quantitative estimate of drug-likeness (QED) is 0.853. The highest BCUT2D eigenvalue weighted by Crippen LogP contribution is 2.18. The molecule has 1 N–H and O–H groups in total. The standard InChI is InChI=1S/C13H20N2O3/c1-13(2,8-14(3)4)9-15-7-10(12(17)18)5-6-11(15)16/h5-7H,8-9H2,1-4H3,(H,17,18). The smallest absolute Gasteiger partial charge is 0.337 e. The molecule has 1 heterocycles. The highest BCUT2D eigenvalue weighted by molar-refractivity contribution is 5.87. The van der Waals surface area contributed by atoms with Crippen LogP contribution >= 0.6 is 0 Å². The monoisotopic (exact) mass is 252 g/mol. The number of aromatic nitrogens is 1. The lowest BCUT2D eigenvalue weighted by Crippen LogP contribution is -2.35. The summed E-state index contributed by atoms with van der Waals surface area (Å²) in [5, 5.41) is 8.92. The van der Waals surface area contributed by atoms with Crippen LogP contribution < -0.4 is 5.56 Å². The van der Waals surface area contributed by atoms with Crippen LogP contribution in [0.3, 0.4) is 0 Å². The molecule has 0 fully saturated rings. The van der Waals surface area contributed by atoms with Gasteiger partial charge in [-0.25, -0.2) is 4.79 Å². The Balaban J connectivity index is 2.99. The number of hydrogen-bond acceptors (Lipinski definition) is 3. The summed E-state index contributed by atoms with van der Waals surface area (Å²) < 4.78 is 1.47. The first-order valence-electron chi connectivity index (χ1n) is 5.80. The molecule has 0 spiro atoms. The van der Waals surface area contributed by atoms with Gasteiger partial charge < -0.3 is 14.6 Å². The van der Waals surface area contributed by atoms with Crippen molar-refractivity contribution in [3.05, 3.63) is 34.2 Å². The molecule has 1 aromatic heterocycles. The van der Waals surface area contributed by atoms with Crippen LogP contribution in [0.1, 0.15) is 24.2 Å². The second-order valence-electron chi connectivity index (χ2n) is 5.59. The topological polar surface area (TPSA) is 62.5 Å². The van der Waals surface area contributed by atoms with E-state index in [9.17, 15) is 9.59 Å². The summed E-state index contributed by atoms with van der Waals surface area (Å²) in [6.07, 6.45) is 1.40. The number of rotatable bonds is 5. The summed E-state index contributed by atoms with van der Waals surface area (Å²) in [4.78, 5) is 24.6. The van der Waals surface area contributed by atoms with Crippen molar-refractivity contribution >= 4 is 5.97 Å². The van der Waals surface area contributed by atoms with Crippen molar-refractivity contribution in [2.75, 3.05) is 20.6 Å². The third-order valence-corrected chi connectivity index (χ3v) is 2.57. The second-order valence-corrected chi connectivity index (χ2v) is 5.59. The summed E-state index contributed by atoms with van der Waals surface area (Å²) in [5.41, 5.74) is -0.146. The minimum absolute atomic E-state index is 0.107. The molecular weight excluding hydrogens is 232 g/mol. The van der Waals surface area contributed by atoms with Gasteiger partial charge in [0.2, 0.25) is 0 Å². The van der Waals surface area contributed by atoms with Crippen LogP contribution in [0.4, 0.5) is 0 Å². The molecule has 0 unspecified atom stereocenters. The van der Waals surface area contributed by atoms with Crippen LogP contribution in [0.15, 0.2) is 23.1 Å². The second kappa shape index (κ2) is 5.35. The molecule has 5 heteroatoms. The minimum atomic E-state index is -1.02. The van der Waals surface area contributed by atoms with Crippen LogP contribution in [-0.4, -0.2) is 41.2 Å². The number of nitrogens with zero attached hydrogens (tertiary/aromatic N) is 2. The van der Waals surface area contributed by atoms with Gasteiger partial charge in [-0.15, -0.1) is 0 Å². The molecule has 0 aliphatic rings. The fourth-order valence-electron chi connectivity index (χ4n) is 2.15. The third-order valence-electron chi connectivity index (χ3n) is 2.57. The lowest BCUT2D eigenvalue weighted by Gasteiger charge is -2.28. The number of carboxylic acids is 1. The Morgan fingerprint density at radius 1 is 1.39 bits per heavy atom. The molecule has 100 valence electrons. The van der Waals surface area contributed by atoms with Gasteiger partial charge in [0, 0.05) is 25.4 Å². The largest absolute Gasteiger partial charge is 0.478 e.